The first-order valence-corrected chi connectivity index (χ1v) is 4.88. The van der Waals surface area contributed by atoms with Gasteiger partial charge in [0.2, 0.25) is 0 Å². The van der Waals surface area contributed by atoms with Gasteiger partial charge in [0.1, 0.15) is 0 Å². The zero-order valence-corrected chi connectivity index (χ0v) is 8.02. The first kappa shape index (κ1) is 9.57. The van der Waals surface area contributed by atoms with Crippen LogP contribution in [0.4, 0.5) is 0 Å². The van der Waals surface area contributed by atoms with Crippen LogP contribution in [0.3, 0.4) is 0 Å². The quantitative estimate of drug-likeness (QED) is 0.625. The van der Waals surface area contributed by atoms with Gasteiger partial charge in [-0.3, -0.25) is 0 Å². The number of nitrogens with zero attached hydrogens (tertiary/aromatic N) is 2. The molecular weight excluding hydrogens is 172 g/mol. The third-order valence-electron chi connectivity index (χ3n) is 1.43. The number of aromatic nitrogens is 2. The minimum Gasteiger partial charge on any atom is -0.316 e. The van der Waals surface area contributed by atoms with Crippen LogP contribution in [-0.4, -0.2) is 29.2 Å². The molecule has 0 fully saturated rings. The van der Waals surface area contributed by atoms with Gasteiger partial charge in [-0.05, 0) is 18.1 Å². The summed E-state index contributed by atoms with van der Waals surface area (Å²) in [5.74, 6) is 0. The summed E-state index contributed by atoms with van der Waals surface area (Å²) in [7, 11) is 0. The molecule has 0 amide bonds. The predicted molar refractivity (Wildman–Crippen MR) is 50.2 cm³/mol. The Labute approximate surface area is 76.5 Å². The molecule has 2 N–H and O–H groups in total. The van der Waals surface area contributed by atoms with Crippen LogP contribution < -0.4 is 10.6 Å². The second-order valence-corrected chi connectivity index (χ2v) is 3.28. The van der Waals surface area contributed by atoms with Gasteiger partial charge in [0, 0.05) is 19.6 Å². The SMILES string of the molecule is CCNCCNCc1cnns1. The third kappa shape index (κ3) is 3.75. The van der Waals surface area contributed by atoms with Crippen LogP contribution in [0.5, 0.6) is 0 Å². The van der Waals surface area contributed by atoms with Crippen LogP contribution in [0.25, 0.3) is 0 Å². The zero-order chi connectivity index (χ0) is 8.65. The highest BCUT2D eigenvalue weighted by Gasteiger charge is 1.93. The van der Waals surface area contributed by atoms with Crippen LogP contribution in [0.1, 0.15) is 11.8 Å². The van der Waals surface area contributed by atoms with Gasteiger partial charge in [0.15, 0.2) is 0 Å². The molecule has 0 radical (unpaired) electrons. The van der Waals surface area contributed by atoms with Crippen molar-refractivity contribution in [1.29, 1.82) is 0 Å². The maximum atomic E-state index is 3.77. The van der Waals surface area contributed by atoms with Crippen molar-refractivity contribution in [3.05, 3.63) is 11.1 Å². The molecule has 0 aliphatic carbocycles. The molecule has 12 heavy (non-hydrogen) atoms. The highest BCUT2D eigenvalue weighted by Crippen LogP contribution is 1.99. The van der Waals surface area contributed by atoms with Gasteiger partial charge in [-0.15, -0.1) is 5.10 Å². The van der Waals surface area contributed by atoms with Gasteiger partial charge < -0.3 is 10.6 Å². The van der Waals surface area contributed by atoms with E-state index in [9.17, 15) is 0 Å². The van der Waals surface area contributed by atoms with Crippen molar-refractivity contribution >= 4 is 11.5 Å². The molecule has 0 spiro atoms. The molecule has 0 bridgehead atoms. The third-order valence-corrected chi connectivity index (χ3v) is 2.09. The fourth-order valence-corrected chi connectivity index (χ4v) is 1.29. The second kappa shape index (κ2) is 6.05. The molecule has 1 aromatic rings. The van der Waals surface area contributed by atoms with Crippen molar-refractivity contribution in [1.82, 2.24) is 20.2 Å². The number of hydrogen-bond donors (Lipinski definition) is 2. The van der Waals surface area contributed by atoms with E-state index in [0.717, 1.165) is 26.2 Å². The van der Waals surface area contributed by atoms with E-state index >= 15 is 0 Å². The number of nitrogens with one attached hydrogen (secondary N) is 2. The summed E-state index contributed by atoms with van der Waals surface area (Å²) in [5.41, 5.74) is 0. The van der Waals surface area contributed by atoms with Crippen molar-refractivity contribution in [2.24, 2.45) is 0 Å². The summed E-state index contributed by atoms with van der Waals surface area (Å²) in [6.45, 7) is 6.02. The fourth-order valence-electron chi connectivity index (χ4n) is 0.831. The molecule has 0 aromatic carbocycles. The standard InChI is InChI=1S/C7H14N4S/c1-2-8-3-4-9-5-7-6-10-11-12-7/h6,8-9H,2-5H2,1H3. The Morgan fingerprint density at radius 3 is 2.92 bits per heavy atom. The minimum absolute atomic E-state index is 0.878. The molecule has 0 atom stereocenters. The lowest BCUT2D eigenvalue weighted by Gasteiger charge is -2.01. The Kier molecular flexibility index (Phi) is 4.82. The first-order valence-electron chi connectivity index (χ1n) is 4.11. The predicted octanol–water partition coefficient (Wildman–Crippen LogP) is 0.237. The Hall–Kier alpha value is -0.520. The lowest BCUT2D eigenvalue weighted by molar-refractivity contribution is 0.628. The maximum absolute atomic E-state index is 3.77. The van der Waals surface area contributed by atoms with Gasteiger partial charge in [-0.2, -0.15) is 0 Å². The number of rotatable bonds is 6. The molecule has 68 valence electrons. The molecular formula is C7H14N4S. The Bertz CT molecular complexity index is 187. The van der Waals surface area contributed by atoms with Gasteiger partial charge >= 0.3 is 0 Å². The topological polar surface area (TPSA) is 49.8 Å². The summed E-state index contributed by atoms with van der Waals surface area (Å²) in [6, 6.07) is 0. The highest BCUT2D eigenvalue weighted by molar-refractivity contribution is 7.05. The summed E-state index contributed by atoms with van der Waals surface area (Å²) >= 11 is 1.44. The van der Waals surface area contributed by atoms with E-state index in [4.69, 9.17) is 0 Å². The Balaban J connectivity index is 1.96. The molecule has 1 rings (SSSR count). The molecule has 1 aromatic heterocycles. The highest BCUT2D eigenvalue weighted by atomic mass is 32.1. The fraction of sp³-hybridized carbons (Fsp3) is 0.714. The smallest absolute Gasteiger partial charge is 0.0666 e. The largest absolute Gasteiger partial charge is 0.316 e. The molecule has 5 heteroatoms. The molecule has 0 saturated heterocycles. The van der Waals surface area contributed by atoms with Gasteiger partial charge in [0.05, 0.1) is 11.1 Å². The van der Waals surface area contributed by atoms with Crippen LogP contribution in [0, 0.1) is 0 Å². The molecule has 0 saturated carbocycles. The van der Waals surface area contributed by atoms with E-state index in [1.54, 1.807) is 6.20 Å². The summed E-state index contributed by atoms with van der Waals surface area (Å²) in [5, 5.41) is 10.3. The van der Waals surface area contributed by atoms with Crippen molar-refractivity contribution < 1.29 is 0 Å². The lowest BCUT2D eigenvalue weighted by atomic mass is 10.5. The van der Waals surface area contributed by atoms with Gasteiger partial charge in [-0.1, -0.05) is 11.4 Å². The number of hydrogen-bond acceptors (Lipinski definition) is 5. The van der Waals surface area contributed by atoms with Crippen LogP contribution in [-0.2, 0) is 6.54 Å². The molecule has 0 aliphatic rings. The number of likely N-dealkylation sites (N-methyl/N-ethyl adjacent to an activating group) is 1. The monoisotopic (exact) mass is 186 g/mol. The van der Waals surface area contributed by atoms with E-state index < -0.39 is 0 Å². The van der Waals surface area contributed by atoms with Crippen molar-refractivity contribution in [3.8, 4) is 0 Å². The summed E-state index contributed by atoms with van der Waals surface area (Å²) < 4.78 is 3.77. The van der Waals surface area contributed by atoms with Crippen LogP contribution >= 0.6 is 11.5 Å². The van der Waals surface area contributed by atoms with E-state index in [1.165, 1.54) is 16.4 Å². The van der Waals surface area contributed by atoms with Gasteiger partial charge in [-0.25, -0.2) is 0 Å². The molecule has 0 unspecified atom stereocenters. The normalized spacial score (nSPS) is 10.4. The van der Waals surface area contributed by atoms with E-state index in [0.29, 0.717) is 0 Å². The van der Waals surface area contributed by atoms with Crippen molar-refractivity contribution in [3.63, 3.8) is 0 Å². The lowest BCUT2D eigenvalue weighted by Crippen LogP contribution is -2.26. The summed E-state index contributed by atoms with van der Waals surface area (Å²) in [6.07, 6.45) is 1.80. The first-order chi connectivity index (χ1) is 5.93. The van der Waals surface area contributed by atoms with Crippen LogP contribution in [0.15, 0.2) is 6.20 Å². The average Bonchev–Trinajstić information content (AvgIpc) is 2.57. The van der Waals surface area contributed by atoms with Gasteiger partial charge in [0.25, 0.3) is 0 Å². The van der Waals surface area contributed by atoms with E-state index in [-0.39, 0.29) is 0 Å². The van der Waals surface area contributed by atoms with Crippen LogP contribution in [0.2, 0.25) is 0 Å². The second-order valence-electron chi connectivity index (χ2n) is 2.41. The van der Waals surface area contributed by atoms with E-state index in [2.05, 4.69) is 27.1 Å². The molecule has 0 aliphatic heterocycles. The average molecular weight is 186 g/mol. The maximum Gasteiger partial charge on any atom is 0.0666 e. The molecule has 1 heterocycles. The minimum atomic E-state index is 0.878. The Morgan fingerprint density at radius 2 is 2.25 bits per heavy atom. The van der Waals surface area contributed by atoms with E-state index in [1.807, 2.05) is 0 Å². The van der Waals surface area contributed by atoms with Crippen molar-refractivity contribution in [2.75, 3.05) is 19.6 Å². The summed E-state index contributed by atoms with van der Waals surface area (Å²) in [4.78, 5) is 1.19. The zero-order valence-electron chi connectivity index (χ0n) is 7.21. The van der Waals surface area contributed by atoms with Crippen molar-refractivity contribution in [2.45, 2.75) is 13.5 Å². The Morgan fingerprint density at radius 1 is 1.42 bits per heavy atom. The molecule has 4 nitrogen and oxygen atoms in total.